The van der Waals surface area contributed by atoms with Gasteiger partial charge in [-0.25, -0.2) is 9.78 Å². The molecule has 0 unspecified atom stereocenters. The summed E-state index contributed by atoms with van der Waals surface area (Å²) in [7, 11) is 0. The first kappa shape index (κ1) is 14.5. The fourth-order valence-corrected chi connectivity index (χ4v) is 3.08. The lowest BCUT2D eigenvalue weighted by molar-refractivity contribution is 0.0697. The van der Waals surface area contributed by atoms with E-state index in [0.29, 0.717) is 23.1 Å². The van der Waals surface area contributed by atoms with Crippen LogP contribution in [0.5, 0.6) is 0 Å². The van der Waals surface area contributed by atoms with Gasteiger partial charge in [-0.15, -0.1) is 11.3 Å². The average molecular weight is 314 g/mol. The summed E-state index contributed by atoms with van der Waals surface area (Å²) in [6, 6.07) is 8.46. The van der Waals surface area contributed by atoms with Gasteiger partial charge < -0.3 is 10.1 Å². The third kappa shape index (κ3) is 3.07. The fraction of sp³-hybridized carbons (Fsp3) is 0.188. The van der Waals surface area contributed by atoms with Crippen LogP contribution in [-0.4, -0.2) is 21.0 Å². The Morgan fingerprint density at radius 3 is 2.86 bits per heavy atom. The number of H-pyrrole nitrogens is 1. The van der Waals surface area contributed by atoms with Gasteiger partial charge in [-0.05, 0) is 42.5 Å². The smallest absolute Gasteiger partial charge is 0.335 e. The molecule has 0 aliphatic carbocycles. The van der Waals surface area contributed by atoms with Crippen LogP contribution < -0.4 is 5.56 Å². The van der Waals surface area contributed by atoms with Gasteiger partial charge in [-0.1, -0.05) is 6.07 Å². The van der Waals surface area contributed by atoms with E-state index in [1.165, 1.54) is 23.1 Å². The second-order valence-electron chi connectivity index (χ2n) is 4.98. The van der Waals surface area contributed by atoms with E-state index >= 15 is 0 Å². The lowest BCUT2D eigenvalue weighted by Gasteiger charge is -2.03. The van der Waals surface area contributed by atoms with Crippen LogP contribution in [-0.2, 0) is 12.8 Å². The van der Waals surface area contributed by atoms with Crippen LogP contribution in [0.15, 0.2) is 40.5 Å². The van der Waals surface area contributed by atoms with Gasteiger partial charge in [0.15, 0.2) is 0 Å². The van der Waals surface area contributed by atoms with Gasteiger partial charge in [0, 0.05) is 11.3 Å². The molecule has 0 fully saturated rings. The third-order valence-corrected chi connectivity index (χ3v) is 4.36. The molecule has 2 N–H and O–H groups in total. The molecule has 0 amide bonds. The Hall–Kier alpha value is -2.47. The quantitative estimate of drug-likeness (QED) is 0.758. The maximum absolute atomic E-state index is 12.0. The summed E-state index contributed by atoms with van der Waals surface area (Å²) < 4.78 is 0. The predicted molar refractivity (Wildman–Crippen MR) is 85.7 cm³/mol. The molecule has 22 heavy (non-hydrogen) atoms. The number of carbonyl (C=O) groups is 1. The van der Waals surface area contributed by atoms with Crippen LogP contribution in [0.3, 0.4) is 0 Å². The minimum atomic E-state index is -1.02. The molecule has 5 nitrogen and oxygen atoms in total. The number of hydrogen-bond donors (Lipinski definition) is 2. The number of hydrogen-bond acceptors (Lipinski definition) is 4. The maximum atomic E-state index is 12.0. The topological polar surface area (TPSA) is 83.0 Å². The number of nitrogens with zero attached hydrogens (tertiary/aromatic N) is 1. The second-order valence-corrected chi connectivity index (χ2v) is 6.01. The van der Waals surface area contributed by atoms with Gasteiger partial charge in [0.25, 0.3) is 5.56 Å². The van der Waals surface area contributed by atoms with Crippen molar-refractivity contribution in [2.45, 2.75) is 19.3 Å². The van der Waals surface area contributed by atoms with E-state index in [2.05, 4.69) is 16.0 Å². The Morgan fingerprint density at radius 1 is 1.27 bits per heavy atom. The van der Waals surface area contributed by atoms with E-state index < -0.39 is 5.97 Å². The predicted octanol–water partition coefficient (Wildman–Crippen LogP) is 2.86. The van der Waals surface area contributed by atoms with Crippen molar-refractivity contribution >= 4 is 28.2 Å². The van der Waals surface area contributed by atoms with Crippen molar-refractivity contribution in [1.29, 1.82) is 0 Å². The van der Waals surface area contributed by atoms with Gasteiger partial charge in [-0.3, -0.25) is 4.79 Å². The zero-order chi connectivity index (χ0) is 15.5. The summed E-state index contributed by atoms with van der Waals surface area (Å²) in [5, 5.41) is 11.5. The highest BCUT2D eigenvalue weighted by Crippen LogP contribution is 2.14. The number of aromatic amines is 1. The molecular formula is C16H14N2O3S. The number of carboxylic acid groups (broad SMARTS) is 1. The van der Waals surface area contributed by atoms with E-state index in [0.717, 1.165) is 12.8 Å². The minimum Gasteiger partial charge on any atom is -0.478 e. The Labute approximate surface area is 130 Å². The molecule has 0 bridgehead atoms. The summed E-state index contributed by atoms with van der Waals surface area (Å²) in [5.41, 5.74) is 0.331. The first-order valence-electron chi connectivity index (χ1n) is 6.92. The summed E-state index contributed by atoms with van der Waals surface area (Å²) in [5.74, 6) is -0.431. The van der Waals surface area contributed by atoms with Crippen molar-refractivity contribution in [2.24, 2.45) is 0 Å². The van der Waals surface area contributed by atoms with Crippen molar-refractivity contribution < 1.29 is 9.90 Å². The molecule has 2 aromatic heterocycles. The SMILES string of the molecule is O=C(O)c1ccc2c(=O)[nH]c(CCCc3cccs3)nc2c1. The van der Waals surface area contributed by atoms with E-state index in [4.69, 9.17) is 5.11 Å². The van der Waals surface area contributed by atoms with Crippen molar-refractivity contribution in [3.05, 3.63) is 62.3 Å². The lowest BCUT2D eigenvalue weighted by Crippen LogP contribution is -2.12. The average Bonchev–Trinajstić information content (AvgIpc) is 3.00. The molecule has 2 heterocycles. The normalized spacial score (nSPS) is 10.9. The molecule has 0 aliphatic heterocycles. The molecule has 3 rings (SSSR count). The van der Waals surface area contributed by atoms with E-state index in [1.54, 1.807) is 11.3 Å². The van der Waals surface area contributed by atoms with Gasteiger partial charge in [-0.2, -0.15) is 0 Å². The van der Waals surface area contributed by atoms with E-state index in [1.807, 2.05) is 11.4 Å². The molecule has 0 atom stereocenters. The van der Waals surface area contributed by atoms with E-state index in [9.17, 15) is 9.59 Å². The number of rotatable bonds is 5. The first-order chi connectivity index (χ1) is 10.6. The molecule has 0 radical (unpaired) electrons. The van der Waals surface area contributed by atoms with Crippen LogP contribution in [0.1, 0.15) is 27.5 Å². The molecule has 112 valence electrons. The summed E-state index contributed by atoms with van der Waals surface area (Å²) in [6.45, 7) is 0. The summed E-state index contributed by atoms with van der Waals surface area (Å²) in [4.78, 5) is 31.5. The van der Waals surface area contributed by atoms with Gasteiger partial charge in [0.2, 0.25) is 0 Å². The van der Waals surface area contributed by atoms with Crippen molar-refractivity contribution in [2.75, 3.05) is 0 Å². The van der Waals surface area contributed by atoms with Crippen LogP contribution in [0.4, 0.5) is 0 Å². The number of aryl methyl sites for hydroxylation is 2. The van der Waals surface area contributed by atoms with Gasteiger partial charge in [0.1, 0.15) is 5.82 Å². The fourth-order valence-electron chi connectivity index (χ4n) is 2.32. The highest BCUT2D eigenvalue weighted by Gasteiger charge is 2.08. The Balaban J connectivity index is 1.83. The molecular weight excluding hydrogens is 300 g/mol. The van der Waals surface area contributed by atoms with Crippen molar-refractivity contribution in [3.63, 3.8) is 0 Å². The summed E-state index contributed by atoms with van der Waals surface area (Å²) >= 11 is 1.71. The summed E-state index contributed by atoms with van der Waals surface area (Å²) in [6.07, 6.45) is 2.47. The van der Waals surface area contributed by atoms with Crippen molar-refractivity contribution in [1.82, 2.24) is 9.97 Å². The molecule has 0 aliphatic rings. The van der Waals surface area contributed by atoms with Crippen LogP contribution in [0, 0.1) is 0 Å². The second kappa shape index (κ2) is 6.11. The molecule has 6 heteroatoms. The van der Waals surface area contributed by atoms with E-state index in [-0.39, 0.29) is 11.1 Å². The van der Waals surface area contributed by atoms with Crippen LogP contribution >= 0.6 is 11.3 Å². The Kier molecular flexibility index (Phi) is 4.02. The zero-order valence-electron chi connectivity index (χ0n) is 11.7. The molecule has 1 aromatic carbocycles. The Morgan fingerprint density at radius 2 is 2.14 bits per heavy atom. The number of carboxylic acids is 1. The number of benzene rings is 1. The zero-order valence-corrected chi connectivity index (χ0v) is 12.5. The standard InChI is InChI=1S/C16H14N2O3S/c19-15-12-7-6-10(16(20)21)9-13(12)17-14(18-15)5-1-3-11-4-2-8-22-11/h2,4,6-9H,1,3,5H2,(H,20,21)(H,17,18,19). The van der Waals surface area contributed by atoms with Crippen LogP contribution in [0.2, 0.25) is 0 Å². The maximum Gasteiger partial charge on any atom is 0.335 e. The first-order valence-corrected chi connectivity index (χ1v) is 7.80. The molecule has 0 saturated heterocycles. The molecule has 3 aromatic rings. The lowest BCUT2D eigenvalue weighted by atomic mass is 10.1. The number of aromatic nitrogens is 2. The van der Waals surface area contributed by atoms with Gasteiger partial charge >= 0.3 is 5.97 Å². The molecule has 0 spiro atoms. The largest absolute Gasteiger partial charge is 0.478 e. The van der Waals surface area contributed by atoms with Crippen molar-refractivity contribution in [3.8, 4) is 0 Å². The van der Waals surface area contributed by atoms with Gasteiger partial charge in [0.05, 0.1) is 16.5 Å². The molecule has 0 saturated carbocycles. The number of nitrogens with one attached hydrogen (secondary N) is 1. The highest BCUT2D eigenvalue weighted by atomic mass is 32.1. The van der Waals surface area contributed by atoms with Crippen LogP contribution in [0.25, 0.3) is 10.9 Å². The minimum absolute atomic E-state index is 0.134. The Bertz CT molecular complexity index is 869. The number of fused-ring (bicyclic) bond motifs is 1. The highest BCUT2D eigenvalue weighted by molar-refractivity contribution is 7.09. The number of thiophene rings is 1. The number of aromatic carboxylic acids is 1. The third-order valence-electron chi connectivity index (χ3n) is 3.42. The monoisotopic (exact) mass is 314 g/mol.